The maximum atomic E-state index is 11.4. The molecule has 1 aromatic carbocycles. The topological polar surface area (TPSA) is 46.3 Å². The summed E-state index contributed by atoms with van der Waals surface area (Å²) in [5, 5.41) is 0. The summed E-state index contributed by atoms with van der Waals surface area (Å²) in [6, 6.07) is 6.33. The van der Waals surface area contributed by atoms with E-state index in [2.05, 4.69) is 25.7 Å². The minimum Gasteiger partial charge on any atom is -0.398 e. The van der Waals surface area contributed by atoms with Crippen LogP contribution in [0.3, 0.4) is 0 Å². The van der Waals surface area contributed by atoms with Crippen LogP contribution in [0.4, 0.5) is 11.4 Å². The van der Waals surface area contributed by atoms with Gasteiger partial charge in [0.2, 0.25) is 0 Å². The fourth-order valence-corrected chi connectivity index (χ4v) is 3.11. The van der Waals surface area contributed by atoms with Gasteiger partial charge in [0, 0.05) is 29.5 Å². The zero-order chi connectivity index (χ0) is 14.2. The maximum absolute atomic E-state index is 11.4. The molecule has 0 saturated carbocycles. The Morgan fingerprint density at radius 1 is 1.32 bits per heavy atom. The van der Waals surface area contributed by atoms with Gasteiger partial charge in [-0.1, -0.05) is 13.8 Å². The molecule has 0 spiro atoms. The quantitative estimate of drug-likeness (QED) is 0.655. The second kappa shape index (κ2) is 5.24. The molecular weight excluding hydrogens is 236 g/mol. The summed E-state index contributed by atoms with van der Waals surface area (Å²) >= 11 is 0. The second-order valence-electron chi connectivity index (χ2n) is 6.04. The summed E-state index contributed by atoms with van der Waals surface area (Å²) in [6.07, 6.45) is 1.28. The maximum Gasteiger partial charge on any atom is 0.161 e. The largest absolute Gasteiger partial charge is 0.398 e. The van der Waals surface area contributed by atoms with E-state index in [0.717, 1.165) is 12.2 Å². The molecule has 1 heterocycles. The van der Waals surface area contributed by atoms with E-state index in [0.29, 0.717) is 29.1 Å². The van der Waals surface area contributed by atoms with Crippen molar-refractivity contribution < 1.29 is 4.79 Å². The van der Waals surface area contributed by atoms with Gasteiger partial charge >= 0.3 is 0 Å². The van der Waals surface area contributed by atoms with Crippen LogP contribution in [0.2, 0.25) is 0 Å². The summed E-state index contributed by atoms with van der Waals surface area (Å²) in [5.74, 6) is 1.40. The standard InChI is InChI=1S/C16H24N2O/c1-10-7-11(2)12(3)18(9-10)14-5-6-15(13(4)19)16(17)8-14/h5-6,8,10-12H,7,9,17H2,1-4H3. The highest BCUT2D eigenvalue weighted by molar-refractivity contribution is 5.99. The van der Waals surface area contributed by atoms with Gasteiger partial charge in [0.15, 0.2) is 5.78 Å². The van der Waals surface area contributed by atoms with Gasteiger partial charge < -0.3 is 10.6 Å². The van der Waals surface area contributed by atoms with Gasteiger partial charge in [0.05, 0.1) is 0 Å². The van der Waals surface area contributed by atoms with Crippen molar-refractivity contribution >= 4 is 17.2 Å². The van der Waals surface area contributed by atoms with Crippen LogP contribution in [0.25, 0.3) is 0 Å². The Morgan fingerprint density at radius 2 is 2.00 bits per heavy atom. The lowest BCUT2D eigenvalue weighted by molar-refractivity contribution is 0.101. The number of nitrogens with two attached hydrogens (primary N) is 1. The Morgan fingerprint density at radius 3 is 2.58 bits per heavy atom. The monoisotopic (exact) mass is 260 g/mol. The Bertz CT molecular complexity index is 484. The highest BCUT2D eigenvalue weighted by Crippen LogP contribution is 2.32. The Balaban J connectivity index is 2.31. The van der Waals surface area contributed by atoms with E-state index in [9.17, 15) is 4.79 Å². The van der Waals surface area contributed by atoms with Crippen molar-refractivity contribution in [3.63, 3.8) is 0 Å². The molecule has 1 fully saturated rings. The van der Waals surface area contributed by atoms with Crippen molar-refractivity contribution in [2.75, 3.05) is 17.2 Å². The first-order valence-corrected chi connectivity index (χ1v) is 7.07. The summed E-state index contributed by atoms with van der Waals surface area (Å²) < 4.78 is 0. The van der Waals surface area contributed by atoms with Crippen molar-refractivity contribution in [2.45, 2.75) is 40.2 Å². The zero-order valence-electron chi connectivity index (χ0n) is 12.3. The molecule has 0 aliphatic carbocycles. The number of rotatable bonds is 2. The summed E-state index contributed by atoms with van der Waals surface area (Å²) in [4.78, 5) is 13.8. The average Bonchev–Trinajstić information content (AvgIpc) is 2.33. The lowest BCUT2D eigenvalue weighted by Crippen LogP contribution is -2.45. The van der Waals surface area contributed by atoms with Crippen LogP contribution in [0.1, 0.15) is 44.5 Å². The Labute approximate surface area is 115 Å². The molecule has 0 amide bonds. The molecule has 2 N–H and O–H groups in total. The first-order chi connectivity index (χ1) is 8.90. The molecule has 2 rings (SSSR count). The first-order valence-electron chi connectivity index (χ1n) is 7.07. The normalized spacial score (nSPS) is 27.4. The van der Waals surface area contributed by atoms with Gasteiger partial charge in [-0.15, -0.1) is 0 Å². The number of hydrogen-bond donors (Lipinski definition) is 1. The number of piperidine rings is 1. The minimum absolute atomic E-state index is 0.0254. The van der Waals surface area contributed by atoms with Crippen molar-refractivity contribution in [1.82, 2.24) is 0 Å². The van der Waals surface area contributed by atoms with Gasteiger partial charge in [0.1, 0.15) is 0 Å². The second-order valence-corrected chi connectivity index (χ2v) is 6.04. The Kier molecular flexibility index (Phi) is 3.83. The molecule has 0 bridgehead atoms. The predicted molar refractivity (Wildman–Crippen MR) is 80.6 cm³/mol. The molecule has 3 heteroatoms. The van der Waals surface area contributed by atoms with Gasteiger partial charge in [-0.2, -0.15) is 0 Å². The average molecular weight is 260 g/mol. The van der Waals surface area contributed by atoms with Gasteiger partial charge in [-0.25, -0.2) is 0 Å². The van der Waals surface area contributed by atoms with Crippen LogP contribution < -0.4 is 10.6 Å². The van der Waals surface area contributed by atoms with Gasteiger partial charge in [-0.05, 0) is 50.3 Å². The number of benzene rings is 1. The van der Waals surface area contributed by atoms with Crippen LogP contribution >= 0.6 is 0 Å². The number of Topliss-reactive ketones (excluding diaryl/α,β-unsaturated/α-hetero) is 1. The fraction of sp³-hybridized carbons (Fsp3) is 0.562. The SMILES string of the molecule is CC(=O)c1ccc(N2CC(C)CC(C)C2C)cc1N. The van der Waals surface area contributed by atoms with Crippen molar-refractivity contribution in [3.05, 3.63) is 23.8 Å². The smallest absolute Gasteiger partial charge is 0.161 e. The number of ketones is 1. The molecule has 0 aromatic heterocycles. The molecule has 104 valence electrons. The lowest BCUT2D eigenvalue weighted by atomic mass is 9.85. The van der Waals surface area contributed by atoms with E-state index in [1.54, 1.807) is 6.92 Å². The van der Waals surface area contributed by atoms with Crippen LogP contribution in [0, 0.1) is 11.8 Å². The minimum atomic E-state index is 0.0254. The number of nitrogens with zero attached hydrogens (tertiary/aromatic N) is 1. The molecule has 1 aromatic rings. The molecule has 1 aliphatic heterocycles. The molecular formula is C16H24N2O. The molecule has 0 radical (unpaired) electrons. The molecule has 3 atom stereocenters. The number of carbonyl (C=O) groups excluding carboxylic acids is 1. The molecule has 1 saturated heterocycles. The fourth-order valence-electron chi connectivity index (χ4n) is 3.11. The third-order valence-electron chi connectivity index (χ3n) is 4.34. The highest BCUT2D eigenvalue weighted by atomic mass is 16.1. The van der Waals surface area contributed by atoms with Crippen LogP contribution in [-0.4, -0.2) is 18.4 Å². The number of carbonyl (C=O) groups is 1. The van der Waals surface area contributed by atoms with E-state index in [1.807, 2.05) is 18.2 Å². The van der Waals surface area contributed by atoms with Crippen molar-refractivity contribution in [3.8, 4) is 0 Å². The number of nitrogen functional groups attached to an aromatic ring is 1. The zero-order valence-corrected chi connectivity index (χ0v) is 12.3. The van der Waals surface area contributed by atoms with E-state index in [1.165, 1.54) is 6.42 Å². The first kappa shape index (κ1) is 13.9. The molecule has 19 heavy (non-hydrogen) atoms. The number of anilines is 2. The van der Waals surface area contributed by atoms with E-state index in [-0.39, 0.29) is 5.78 Å². The Hall–Kier alpha value is -1.51. The highest BCUT2D eigenvalue weighted by Gasteiger charge is 2.29. The molecule has 1 aliphatic rings. The van der Waals surface area contributed by atoms with Crippen LogP contribution in [-0.2, 0) is 0 Å². The summed E-state index contributed by atoms with van der Waals surface area (Å²) in [7, 11) is 0. The summed E-state index contributed by atoms with van der Waals surface area (Å²) in [6.45, 7) is 9.48. The van der Waals surface area contributed by atoms with Gasteiger partial charge in [-0.3, -0.25) is 4.79 Å². The third-order valence-corrected chi connectivity index (χ3v) is 4.34. The van der Waals surface area contributed by atoms with Crippen molar-refractivity contribution in [1.29, 1.82) is 0 Å². The molecule has 3 unspecified atom stereocenters. The molecule has 3 nitrogen and oxygen atoms in total. The van der Waals surface area contributed by atoms with E-state index >= 15 is 0 Å². The lowest BCUT2D eigenvalue weighted by Gasteiger charge is -2.42. The number of hydrogen-bond acceptors (Lipinski definition) is 3. The summed E-state index contributed by atoms with van der Waals surface area (Å²) in [5.41, 5.74) is 8.34. The van der Waals surface area contributed by atoms with E-state index in [4.69, 9.17) is 5.73 Å². The van der Waals surface area contributed by atoms with Gasteiger partial charge in [0.25, 0.3) is 0 Å². The third kappa shape index (κ3) is 2.75. The van der Waals surface area contributed by atoms with Crippen molar-refractivity contribution in [2.24, 2.45) is 11.8 Å². The predicted octanol–water partition coefficient (Wildman–Crippen LogP) is 3.34. The van der Waals surface area contributed by atoms with Crippen LogP contribution in [0.15, 0.2) is 18.2 Å². The van der Waals surface area contributed by atoms with Crippen LogP contribution in [0.5, 0.6) is 0 Å². The van der Waals surface area contributed by atoms with E-state index < -0.39 is 0 Å².